The molecular formula is C11H18N4O3. The number of amides is 2. The number of urea groups is 1. The summed E-state index contributed by atoms with van der Waals surface area (Å²) in [7, 11) is 0. The summed E-state index contributed by atoms with van der Waals surface area (Å²) in [5.74, 6) is -1.51. The van der Waals surface area contributed by atoms with E-state index in [4.69, 9.17) is 5.11 Å². The molecule has 7 nitrogen and oxygen atoms in total. The van der Waals surface area contributed by atoms with Crippen LogP contribution in [0.25, 0.3) is 0 Å². The molecule has 0 saturated carbocycles. The third-order valence-electron chi connectivity index (χ3n) is 2.40. The number of nitrogens with zero attached hydrogens (tertiary/aromatic N) is 2. The van der Waals surface area contributed by atoms with Crippen molar-refractivity contribution < 1.29 is 14.7 Å². The largest absolute Gasteiger partial charge is 0.481 e. The zero-order chi connectivity index (χ0) is 13.4. The smallest absolute Gasteiger partial charge is 0.314 e. The van der Waals surface area contributed by atoms with Crippen molar-refractivity contribution in [1.82, 2.24) is 20.4 Å². The Morgan fingerprint density at radius 1 is 1.44 bits per heavy atom. The van der Waals surface area contributed by atoms with Gasteiger partial charge in [-0.25, -0.2) is 4.79 Å². The van der Waals surface area contributed by atoms with Gasteiger partial charge >= 0.3 is 12.0 Å². The van der Waals surface area contributed by atoms with Gasteiger partial charge in [-0.05, 0) is 12.5 Å². The Hall–Kier alpha value is -2.05. The number of carboxylic acid groups (broad SMARTS) is 1. The van der Waals surface area contributed by atoms with E-state index in [0.717, 1.165) is 13.0 Å². The Bertz CT molecular complexity index is 378. The maximum atomic E-state index is 11.3. The lowest BCUT2D eigenvalue weighted by atomic mass is 10.2. The van der Waals surface area contributed by atoms with E-state index in [9.17, 15) is 9.59 Å². The first-order valence-corrected chi connectivity index (χ1v) is 5.81. The van der Waals surface area contributed by atoms with Gasteiger partial charge < -0.3 is 15.7 Å². The lowest BCUT2D eigenvalue weighted by molar-refractivity contribution is -0.140. The van der Waals surface area contributed by atoms with E-state index in [0.29, 0.717) is 6.54 Å². The van der Waals surface area contributed by atoms with Gasteiger partial charge in [-0.2, -0.15) is 5.10 Å². The zero-order valence-corrected chi connectivity index (χ0v) is 10.3. The number of aryl methyl sites for hydroxylation is 1. The molecule has 7 heteroatoms. The summed E-state index contributed by atoms with van der Waals surface area (Å²) in [5, 5.41) is 17.8. The van der Waals surface area contributed by atoms with Gasteiger partial charge in [0, 0.05) is 32.0 Å². The van der Waals surface area contributed by atoms with Crippen molar-refractivity contribution in [2.75, 3.05) is 13.1 Å². The first-order valence-electron chi connectivity index (χ1n) is 5.81. The van der Waals surface area contributed by atoms with Gasteiger partial charge in [0.2, 0.25) is 0 Å². The van der Waals surface area contributed by atoms with Gasteiger partial charge in [-0.1, -0.05) is 6.92 Å². The van der Waals surface area contributed by atoms with Crippen LogP contribution in [0.15, 0.2) is 18.5 Å². The van der Waals surface area contributed by atoms with Crippen LogP contribution >= 0.6 is 0 Å². The molecule has 0 fully saturated rings. The number of carbonyl (C=O) groups is 2. The normalized spacial score (nSPS) is 11.8. The summed E-state index contributed by atoms with van der Waals surface area (Å²) in [6.45, 7) is 2.92. The molecule has 0 aliphatic rings. The molecule has 1 unspecified atom stereocenters. The number of carboxylic acids is 1. The lowest BCUT2D eigenvalue weighted by Crippen LogP contribution is -2.39. The van der Waals surface area contributed by atoms with Crippen molar-refractivity contribution in [3.05, 3.63) is 18.5 Å². The highest BCUT2D eigenvalue weighted by molar-refractivity contribution is 5.75. The van der Waals surface area contributed by atoms with Crippen LogP contribution in [0.4, 0.5) is 4.79 Å². The summed E-state index contributed by atoms with van der Waals surface area (Å²) < 4.78 is 1.78. The minimum absolute atomic E-state index is 0.125. The van der Waals surface area contributed by atoms with E-state index in [1.54, 1.807) is 17.8 Å². The number of hydrogen-bond donors (Lipinski definition) is 3. The molecule has 0 aliphatic heterocycles. The number of aliphatic carboxylic acids is 1. The van der Waals surface area contributed by atoms with Crippen molar-refractivity contribution in [2.45, 2.75) is 19.9 Å². The number of hydrogen-bond acceptors (Lipinski definition) is 3. The predicted octanol–water partition coefficient (Wildman–Crippen LogP) is 0.293. The third kappa shape index (κ3) is 5.33. The van der Waals surface area contributed by atoms with E-state index >= 15 is 0 Å². The monoisotopic (exact) mass is 254 g/mol. The highest BCUT2D eigenvalue weighted by Crippen LogP contribution is 1.91. The Morgan fingerprint density at radius 3 is 2.83 bits per heavy atom. The molecular weight excluding hydrogens is 236 g/mol. The molecule has 0 radical (unpaired) electrons. The third-order valence-corrected chi connectivity index (χ3v) is 2.40. The van der Waals surface area contributed by atoms with Crippen molar-refractivity contribution in [2.24, 2.45) is 5.92 Å². The Labute approximate surface area is 105 Å². The minimum Gasteiger partial charge on any atom is -0.481 e. The molecule has 0 bridgehead atoms. The maximum Gasteiger partial charge on any atom is 0.314 e. The molecule has 0 spiro atoms. The van der Waals surface area contributed by atoms with Crippen LogP contribution in [0.1, 0.15) is 13.3 Å². The van der Waals surface area contributed by atoms with Gasteiger partial charge in [0.05, 0.1) is 5.92 Å². The number of carbonyl (C=O) groups excluding carboxylic acids is 1. The molecule has 1 aromatic heterocycles. The van der Waals surface area contributed by atoms with Crippen molar-refractivity contribution >= 4 is 12.0 Å². The van der Waals surface area contributed by atoms with Crippen LogP contribution in [-0.2, 0) is 11.3 Å². The second-order valence-corrected chi connectivity index (χ2v) is 4.00. The van der Waals surface area contributed by atoms with Gasteiger partial charge in [0.25, 0.3) is 0 Å². The fraction of sp³-hybridized carbons (Fsp3) is 0.545. The summed E-state index contributed by atoms with van der Waals surface area (Å²) in [4.78, 5) is 21.8. The minimum atomic E-state index is -0.922. The van der Waals surface area contributed by atoms with Crippen LogP contribution < -0.4 is 10.6 Å². The summed E-state index contributed by atoms with van der Waals surface area (Å²) in [5.41, 5.74) is 0. The number of nitrogens with one attached hydrogen (secondary N) is 2. The zero-order valence-electron chi connectivity index (χ0n) is 10.3. The maximum absolute atomic E-state index is 11.3. The quantitative estimate of drug-likeness (QED) is 0.609. The van der Waals surface area contributed by atoms with Crippen LogP contribution in [0.3, 0.4) is 0 Å². The van der Waals surface area contributed by atoms with Gasteiger partial charge in [0.15, 0.2) is 0 Å². The number of rotatable bonds is 7. The predicted molar refractivity (Wildman–Crippen MR) is 65.0 cm³/mol. The molecule has 2 amide bonds. The van der Waals surface area contributed by atoms with E-state index in [2.05, 4.69) is 15.7 Å². The fourth-order valence-corrected chi connectivity index (χ4v) is 1.27. The van der Waals surface area contributed by atoms with Crippen LogP contribution in [-0.4, -0.2) is 40.0 Å². The molecule has 0 aromatic carbocycles. The molecule has 0 saturated heterocycles. The van der Waals surface area contributed by atoms with Crippen molar-refractivity contribution in [3.63, 3.8) is 0 Å². The van der Waals surface area contributed by atoms with E-state index < -0.39 is 11.9 Å². The molecule has 3 N–H and O–H groups in total. The highest BCUT2D eigenvalue weighted by Gasteiger charge is 2.11. The first-order chi connectivity index (χ1) is 8.59. The molecule has 1 aromatic rings. The van der Waals surface area contributed by atoms with Gasteiger partial charge in [-0.3, -0.25) is 9.48 Å². The summed E-state index contributed by atoms with van der Waals surface area (Å²) >= 11 is 0. The van der Waals surface area contributed by atoms with Crippen LogP contribution in [0, 0.1) is 5.92 Å². The second-order valence-electron chi connectivity index (χ2n) is 4.00. The standard InChI is InChI=1S/C11H18N4O3/c1-9(10(16)17)8-13-11(18)12-4-2-6-15-7-3-5-14-15/h3,5,7,9H,2,4,6,8H2,1H3,(H,16,17)(H2,12,13,18). The Morgan fingerprint density at radius 2 is 2.22 bits per heavy atom. The average Bonchev–Trinajstić information content (AvgIpc) is 2.84. The van der Waals surface area contributed by atoms with Crippen molar-refractivity contribution in [3.8, 4) is 0 Å². The molecule has 0 aliphatic carbocycles. The van der Waals surface area contributed by atoms with E-state index in [1.807, 2.05) is 12.3 Å². The topological polar surface area (TPSA) is 96.3 Å². The van der Waals surface area contributed by atoms with Gasteiger partial charge in [-0.15, -0.1) is 0 Å². The molecule has 1 atom stereocenters. The van der Waals surface area contributed by atoms with Crippen molar-refractivity contribution in [1.29, 1.82) is 0 Å². The molecule has 1 heterocycles. The Kier molecular flexibility index (Phi) is 5.69. The lowest BCUT2D eigenvalue weighted by Gasteiger charge is -2.09. The van der Waals surface area contributed by atoms with E-state index in [-0.39, 0.29) is 12.6 Å². The highest BCUT2D eigenvalue weighted by atomic mass is 16.4. The molecule has 18 heavy (non-hydrogen) atoms. The Balaban J connectivity index is 2.05. The van der Waals surface area contributed by atoms with E-state index in [1.165, 1.54) is 0 Å². The van der Waals surface area contributed by atoms with Crippen LogP contribution in [0.2, 0.25) is 0 Å². The number of aromatic nitrogens is 2. The molecule has 1 rings (SSSR count). The second kappa shape index (κ2) is 7.31. The average molecular weight is 254 g/mol. The molecule has 100 valence electrons. The first kappa shape index (κ1) is 14.0. The van der Waals surface area contributed by atoms with Gasteiger partial charge in [0.1, 0.15) is 0 Å². The summed E-state index contributed by atoms with van der Waals surface area (Å²) in [6, 6.07) is 1.50. The fourth-order valence-electron chi connectivity index (χ4n) is 1.27. The SMILES string of the molecule is CC(CNC(=O)NCCCn1cccn1)C(=O)O. The van der Waals surface area contributed by atoms with Crippen LogP contribution in [0.5, 0.6) is 0 Å². The summed E-state index contributed by atoms with van der Waals surface area (Å²) in [6.07, 6.45) is 4.33.